The van der Waals surface area contributed by atoms with Crippen LogP contribution >= 0.6 is 0 Å². The van der Waals surface area contributed by atoms with E-state index >= 15 is 0 Å². The van der Waals surface area contributed by atoms with E-state index in [1.807, 2.05) is 0 Å². The molecule has 2 rings (SSSR count). The molecule has 6 heteroatoms. The molecule has 3 N–H and O–H groups in total. The first-order chi connectivity index (χ1) is 10.1. The summed E-state index contributed by atoms with van der Waals surface area (Å²) in [6.45, 7) is 1.96. The fourth-order valence-corrected chi connectivity index (χ4v) is 3.50. The van der Waals surface area contributed by atoms with E-state index in [2.05, 4.69) is 16.6 Å². The minimum Gasteiger partial charge on any atom is -0.381 e. The summed E-state index contributed by atoms with van der Waals surface area (Å²) in [5.74, 6) is 5.72. The molecule has 0 amide bonds. The molecule has 0 spiro atoms. The molecule has 1 aromatic rings. The van der Waals surface area contributed by atoms with Crippen LogP contribution in [0.3, 0.4) is 0 Å². The van der Waals surface area contributed by atoms with E-state index in [4.69, 9.17) is 10.5 Å². The average molecular weight is 308 g/mol. The predicted molar refractivity (Wildman–Crippen MR) is 81.1 cm³/mol. The molecule has 1 aliphatic heterocycles. The van der Waals surface area contributed by atoms with Gasteiger partial charge in [-0.3, -0.25) is 0 Å². The Morgan fingerprint density at radius 2 is 2.19 bits per heavy atom. The molecule has 0 bridgehead atoms. The van der Waals surface area contributed by atoms with E-state index in [9.17, 15) is 8.42 Å². The lowest BCUT2D eigenvalue weighted by molar-refractivity contribution is 0.0568. The molecule has 21 heavy (non-hydrogen) atoms. The van der Waals surface area contributed by atoms with Crippen molar-refractivity contribution in [3.8, 4) is 11.8 Å². The maximum absolute atomic E-state index is 12.4. The van der Waals surface area contributed by atoms with Gasteiger partial charge in [0.15, 0.2) is 0 Å². The molecule has 0 saturated carbocycles. The Kier molecular flexibility index (Phi) is 5.76. The van der Waals surface area contributed by atoms with E-state index < -0.39 is 10.0 Å². The number of benzene rings is 1. The van der Waals surface area contributed by atoms with Gasteiger partial charge in [0, 0.05) is 18.7 Å². The summed E-state index contributed by atoms with van der Waals surface area (Å²) >= 11 is 0. The molecule has 1 heterocycles. The molecule has 1 saturated heterocycles. The van der Waals surface area contributed by atoms with Crippen molar-refractivity contribution in [3.05, 3.63) is 29.8 Å². The van der Waals surface area contributed by atoms with Crippen molar-refractivity contribution in [2.75, 3.05) is 26.3 Å². The lowest BCUT2D eigenvalue weighted by Gasteiger charge is -2.22. The van der Waals surface area contributed by atoms with Crippen molar-refractivity contribution in [1.29, 1.82) is 0 Å². The van der Waals surface area contributed by atoms with Gasteiger partial charge in [0.25, 0.3) is 0 Å². The Morgan fingerprint density at radius 3 is 2.90 bits per heavy atom. The normalized spacial score (nSPS) is 18.8. The van der Waals surface area contributed by atoms with Crippen molar-refractivity contribution in [3.63, 3.8) is 0 Å². The van der Waals surface area contributed by atoms with Crippen LogP contribution in [-0.4, -0.2) is 34.7 Å². The topological polar surface area (TPSA) is 81.4 Å². The van der Waals surface area contributed by atoms with E-state index in [0.29, 0.717) is 18.7 Å². The maximum Gasteiger partial charge on any atom is 0.241 e. The summed E-state index contributed by atoms with van der Waals surface area (Å²) in [4.78, 5) is 0.197. The summed E-state index contributed by atoms with van der Waals surface area (Å²) in [5.41, 5.74) is 5.81. The Labute approximate surface area is 125 Å². The fourth-order valence-electron chi connectivity index (χ4n) is 2.22. The molecule has 1 aromatic carbocycles. The largest absolute Gasteiger partial charge is 0.381 e. The van der Waals surface area contributed by atoms with Crippen LogP contribution in [-0.2, 0) is 14.8 Å². The highest BCUT2D eigenvalue weighted by Gasteiger charge is 2.20. The van der Waals surface area contributed by atoms with Gasteiger partial charge in [-0.1, -0.05) is 24.0 Å². The van der Waals surface area contributed by atoms with Gasteiger partial charge in [-0.15, -0.1) is 0 Å². The predicted octanol–water partition coefficient (Wildman–Crippen LogP) is 0.702. The van der Waals surface area contributed by atoms with Gasteiger partial charge in [-0.05, 0) is 30.9 Å². The highest BCUT2D eigenvalue weighted by molar-refractivity contribution is 7.89. The first-order valence-corrected chi connectivity index (χ1v) is 8.47. The van der Waals surface area contributed by atoms with Crippen LogP contribution in [0.1, 0.15) is 18.4 Å². The molecule has 1 unspecified atom stereocenters. The van der Waals surface area contributed by atoms with E-state index in [1.54, 1.807) is 24.3 Å². The van der Waals surface area contributed by atoms with Crippen LogP contribution in [0.25, 0.3) is 0 Å². The zero-order valence-electron chi connectivity index (χ0n) is 11.8. The highest BCUT2D eigenvalue weighted by atomic mass is 32.2. The van der Waals surface area contributed by atoms with Crippen LogP contribution in [0.5, 0.6) is 0 Å². The number of hydrogen-bond acceptors (Lipinski definition) is 4. The molecule has 1 aliphatic rings. The van der Waals surface area contributed by atoms with Gasteiger partial charge >= 0.3 is 0 Å². The van der Waals surface area contributed by atoms with Crippen LogP contribution in [0.15, 0.2) is 29.2 Å². The fraction of sp³-hybridized carbons (Fsp3) is 0.467. The van der Waals surface area contributed by atoms with Crippen molar-refractivity contribution in [2.24, 2.45) is 11.7 Å². The number of nitrogens with one attached hydrogen (secondary N) is 1. The first-order valence-electron chi connectivity index (χ1n) is 6.99. The number of ether oxygens (including phenoxy) is 1. The SMILES string of the molecule is NCC#Cc1ccccc1S(=O)(=O)NCC1CCCOC1. The third kappa shape index (κ3) is 4.55. The second kappa shape index (κ2) is 7.57. The summed E-state index contributed by atoms with van der Waals surface area (Å²) in [5, 5.41) is 0. The first kappa shape index (κ1) is 16.0. The molecule has 5 nitrogen and oxygen atoms in total. The Hall–Kier alpha value is -1.39. The van der Waals surface area contributed by atoms with Crippen LogP contribution in [0.2, 0.25) is 0 Å². The summed E-state index contributed by atoms with van der Waals surface area (Å²) in [6, 6.07) is 6.68. The maximum atomic E-state index is 12.4. The monoisotopic (exact) mass is 308 g/mol. The van der Waals surface area contributed by atoms with Crippen molar-refractivity contribution < 1.29 is 13.2 Å². The molecule has 1 atom stereocenters. The summed E-state index contributed by atoms with van der Waals surface area (Å²) in [6.07, 6.45) is 1.96. The summed E-state index contributed by atoms with van der Waals surface area (Å²) in [7, 11) is -3.57. The highest BCUT2D eigenvalue weighted by Crippen LogP contribution is 2.16. The van der Waals surface area contributed by atoms with Crippen molar-refractivity contribution >= 4 is 10.0 Å². The number of nitrogens with two attached hydrogens (primary N) is 1. The smallest absolute Gasteiger partial charge is 0.241 e. The quantitative estimate of drug-likeness (QED) is 0.802. The Balaban J connectivity index is 2.11. The Morgan fingerprint density at radius 1 is 1.38 bits per heavy atom. The number of rotatable bonds is 4. The van der Waals surface area contributed by atoms with Gasteiger partial charge in [0.1, 0.15) is 0 Å². The third-order valence-electron chi connectivity index (χ3n) is 3.32. The number of hydrogen-bond donors (Lipinski definition) is 2. The lowest BCUT2D eigenvalue weighted by atomic mass is 10.0. The lowest BCUT2D eigenvalue weighted by Crippen LogP contribution is -2.33. The molecular weight excluding hydrogens is 288 g/mol. The van der Waals surface area contributed by atoms with Gasteiger partial charge in [-0.25, -0.2) is 13.1 Å². The van der Waals surface area contributed by atoms with Crippen LogP contribution in [0, 0.1) is 17.8 Å². The van der Waals surface area contributed by atoms with Gasteiger partial charge in [-0.2, -0.15) is 0 Å². The standard InChI is InChI=1S/C15H20N2O3S/c16-9-3-7-14-6-1-2-8-15(14)21(18,19)17-11-13-5-4-10-20-12-13/h1-2,6,8,13,17H,4-5,9-12,16H2. The van der Waals surface area contributed by atoms with Crippen LogP contribution < -0.4 is 10.5 Å². The average Bonchev–Trinajstić information content (AvgIpc) is 2.52. The zero-order valence-corrected chi connectivity index (χ0v) is 12.7. The minimum absolute atomic E-state index is 0.196. The molecule has 1 fully saturated rings. The van der Waals surface area contributed by atoms with E-state index in [1.165, 1.54) is 0 Å². The Bertz CT molecular complexity index is 626. The summed E-state index contributed by atoms with van der Waals surface area (Å²) < 4.78 is 32.8. The van der Waals surface area contributed by atoms with E-state index in [-0.39, 0.29) is 17.4 Å². The molecular formula is C15H20N2O3S. The van der Waals surface area contributed by atoms with E-state index in [0.717, 1.165) is 19.4 Å². The molecule has 0 aliphatic carbocycles. The zero-order chi connectivity index (χ0) is 15.1. The van der Waals surface area contributed by atoms with Gasteiger partial charge < -0.3 is 10.5 Å². The second-order valence-electron chi connectivity index (χ2n) is 4.94. The third-order valence-corrected chi connectivity index (χ3v) is 4.80. The molecule has 0 aromatic heterocycles. The van der Waals surface area contributed by atoms with Crippen LogP contribution in [0.4, 0.5) is 0 Å². The number of sulfonamides is 1. The second-order valence-corrected chi connectivity index (χ2v) is 6.67. The minimum atomic E-state index is -3.57. The van der Waals surface area contributed by atoms with Crippen molar-refractivity contribution in [1.82, 2.24) is 4.72 Å². The van der Waals surface area contributed by atoms with Gasteiger partial charge in [0.2, 0.25) is 10.0 Å². The van der Waals surface area contributed by atoms with Gasteiger partial charge in [0.05, 0.1) is 18.0 Å². The van der Waals surface area contributed by atoms with Crippen molar-refractivity contribution in [2.45, 2.75) is 17.7 Å². The molecule has 0 radical (unpaired) electrons. The molecule has 114 valence electrons.